The topological polar surface area (TPSA) is 89.9 Å². The molecular weight excluding hydrogens is 340 g/mol. The molecule has 2 N–H and O–H groups in total. The Morgan fingerprint density at radius 3 is 2.85 bits per heavy atom. The van der Waals surface area contributed by atoms with Crippen LogP contribution in [-0.4, -0.2) is 42.4 Å². The highest BCUT2D eigenvalue weighted by molar-refractivity contribution is 5.81. The third-order valence-corrected chi connectivity index (χ3v) is 5.47. The van der Waals surface area contributed by atoms with Gasteiger partial charge in [0.05, 0.1) is 6.33 Å². The summed E-state index contributed by atoms with van der Waals surface area (Å²) in [5, 5.41) is 0. The minimum absolute atomic E-state index is 0.123. The van der Waals surface area contributed by atoms with E-state index in [2.05, 4.69) is 51.0 Å². The summed E-state index contributed by atoms with van der Waals surface area (Å²) in [4.78, 5) is 27.5. The molecule has 2 aromatic heterocycles. The quantitative estimate of drug-likeness (QED) is 0.751. The lowest BCUT2D eigenvalue weighted by molar-refractivity contribution is -0.135. The lowest BCUT2D eigenvalue weighted by Crippen LogP contribution is -2.46. The van der Waals surface area contributed by atoms with Crippen molar-refractivity contribution in [1.29, 1.82) is 0 Å². The van der Waals surface area contributed by atoms with E-state index in [0.717, 1.165) is 25.8 Å². The number of fused-ring (bicyclic) bond motifs is 1. The normalized spacial score (nSPS) is 19.7. The average molecular weight is 364 g/mol. The summed E-state index contributed by atoms with van der Waals surface area (Å²) in [6, 6.07) is 10.4. The summed E-state index contributed by atoms with van der Waals surface area (Å²) in [5.74, 6) is 0.537. The number of hydrogen-bond acceptors (Lipinski definition) is 5. The molecule has 27 heavy (non-hydrogen) atoms. The van der Waals surface area contributed by atoms with Gasteiger partial charge in [0, 0.05) is 25.0 Å². The molecule has 1 atom stereocenters. The zero-order valence-corrected chi connectivity index (χ0v) is 15.5. The molecule has 1 saturated heterocycles. The fraction of sp³-hybridized carbons (Fsp3) is 0.400. The molecule has 0 saturated carbocycles. The molecule has 0 aliphatic carbocycles. The number of nitrogens with zero attached hydrogens (tertiary/aromatic N) is 5. The van der Waals surface area contributed by atoms with Crippen molar-refractivity contribution in [2.45, 2.75) is 44.7 Å². The number of nitrogen functional groups attached to an aromatic ring is 1. The number of anilines is 1. The Kier molecular flexibility index (Phi) is 4.51. The number of nitrogens with two attached hydrogens (primary N) is 1. The van der Waals surface area contributed by atoms with Crippen molar-refractivity contribution in [3.63, 3.8) is 0 Å². The van der Waals surface area contributed by atoms with Crippen LogP contribution >= 0.6 is 0 Å². The zero-order chi connectivity index (χ0) is 18.9. The van der Waals surface area contributed by atoms with Crippen LogP contribution in [0.3, 0.4) is 0 Å². The number of aromatic nitrogens is 4. The molecule has 3 heterocycles. The van der Waals surface area contributed by atoms with Crippen LogP contribution in [0.4, 0.5) is 5.82 Å². The van der Waals surface area contributed by atoms with Gasteiger partial charge in [0.15, 0.2) is 11.5 Å². The predicted molar refractivity (Wildman–Crippen MR) is 104 cm³/mol. The number of rotatable bonds is 5. The van der Waals surface area contributed by atoms with E-state index < -0.39 is 0 Å². The van der Waals surface area contributed by atoms with Gasteiger partial charge in [-0.25, -0.2) is 15.0 Å². The van der Waals surface area contributed by atoms with Gasteiger partial charge in [-0.1, -0.05) is 30.3 Å². The standard InChI is InChI=1S/C20H24N6O/c1-20(12-15-6-3-2-4-7-15)9-5-10-26(20)16(27)8-11-25-14-24-17-18(21)22-13-23-19(17)25/h2-4,6-7,13-14H,5,8-12H2,1H3,(H2,21,22,23). The van der Waals surface area contributed by atoms with Crippen LogP contribution in [-0.2, 0) is 17.8 Å². The van der Waals surface area contributed by atoms with E-state index in [1.54, 1.807) is 6.33 Å². The molecule has 1 amide bonds. The Morgan fingerprint density at radius 2 is 2.04 bits per heavy atom. The van der Waals surface area contributed by atoms with Crippen molar-refractivity contribution in [2.75, 3.05) is 12.3 Å². The minimum atomic E-state index is -0.123. The number of imidazole rings is 1. The summed E-state index contributed by atoms with van der Waals surface area (Å²) in [5.41, 5.74) is 8.23. The van der Waals surface area contributed by atoms with E-state index in [-0.39, 0.29) is 11.4 Å². The van der Waals surface area contributed by atoms with Gasteiger partial charge >= 0.3 is 0 Å². The second kappa shape index (κ2) is 6.98. The van der Waals surface area contributed by atoms with Gasteiger partial charge in [0.1, 0.15) is 11.8 Å². The minimum Gasteiger partial charge on any atom is -0.382 e. The summed E-state index contributed by atoms with van der Waals surface area (Å²) < 4.78 is 1.87. The lowest BCUT2D eigenvalue weighted by atomic mass is 9.90. The van der Waals surface area contributed by atoms with Crippen molar-refractivity contribution >= 4 is 22.9 Å². The van der Waals surface area contributed by atoms with E-state index >= 15 is 0 Å². The molecule has 0 radical (unpaired) electrons. The van der Waals surface area contributed by atoms with Gasteiger partial charge in [-0.3, -0.25) is 4.79 Å². The maximum Gasteiger partial charge on any atom is 0.224 e. The van der Waals surface area contributed by atoms with Crippen LogP contribution in [0.5, 0.6) is 0 Å². The van der Waals surface area contributed by atoms with Crippen LogP contribution < -0.4 is 5.73 Å². The van der Waals surface area contributed by atoms with Gasteiger partial charge in [0.2, 0.25) is 5.91 Å². The first-order valence-electron chi connectivity index (χ1n) is 9.32. The third kappa shape index (κ3) is 3.37. The molecule has 1 aromatic carbocycles. The fourth-order valence-electron chi connectivity index (χ4n) is 4.08. The first kappa shape index (κ1) is 17.5. The highest BCUT2D eigenvalue weighted by atomic mass is 16.2. The van der Waals surface area contributed by atoms with Crippen LogP contribution in [0.1, 0.15) is 31.7 Å². The monoisotopic (exact) mass is 364 g/mol. The maximum atomic E-state index is 13.0. The third-order valence-electron chi connectivity index (χ3n) is 5.47. The van der Waals surface area contributed by atoms with E-state index in [9.17, 15) is 4.79 Å². The molecule has 4 rings (SSSR count). The van der Waals surface area contributed by atoms with Gasteiger partial charge in [-0.2, -0.15) is 0 Å². The number of hydrogen-bond donors (Lipinski definition) is 1. The smallest absolute Gasteiger partial charge is 0.224 e. The van der Waals surface area contributed by atoms with Crippen LogP contribution in [0.15, 0.2) is 43.0 Å². The first-order chi connectivity index (χ1) is 13.1. The highest BCUT2D eigenvalue weighted by Gasteiger charge is 2.39. The number of likely N-dealkylation sites (tertiary alicyclic amines) is 1. The molecule has 1 fully saturated rings. The molecule has 0 spiro atoms. The lowest BCUT2D eigenvalue weighted by Gasteiger charge is -2.36. The zero-order valence-electron chi connectivity index (χ0n) is 15.5. The Bertz CT molecular complexity index is 954. The van der Waals surface area contributed by atoms with Crippen LogP contribution in [0, 0.1) is 0 Å². The fourth-order valence-corrected chi connectivity index (χ4v) is 4.08. The Morgan fingerprint density at radius 1 is 1.22 bits per heavy atom. The number of benzene rings is 1. The van der Waals surface area contributed by atoms with E-state index in [0.29, 0.717) is 29.9 Å². The second-order valence-corrected chi connectivity index (χ2v) is 7.43. The molecule has 1 unspecified atom stereocenters. The molecule has 7 heteroatoms. The molecule has 1 aliphatic rings. The Labute approximate surface area is 158 Å². The van der Waals surface area contributed by atoms with E-state index in [1.165, 1.54) is 11.9 Å². The molecule has 7 nitrogen and oxygen atoms in total. The first-order valence-corrected chi connectivity index (χ1v) is 9.32. The van der Waals surface area contributed by atoms with Gasteiger partial charge in [-0.15, -0.1) is 0 Å². The van der Waals surface area contributed by atoms with Crippen molar-refractivity contribution in [2.24, 2.45) is 0 Å². The summed E-state index contributed by atoms with van der Waals surface area (Å²) >= 11 is 0. The predicted octanol–water partition coefficient (Wildman–Crippen LogP) is 2.42. The molecule has 0 bridgehead atoms. The van der Waals surface area contributed by atoms with Gasteiger partial charge in [0.25, 0.3) is 0 Å². The second-order valence-electron chi connectivity index (χ2n) is 7.43. The van der Waals surface area contributed by atoms with Gasteiger partial charge < -0.3 is 15.2 Å². The largest absolute Gasteiger partial charge is 0.382 e. The van der Waals surface area contributed by atoms with E-state index in [1.807, 2.05) is 10.6 Å². The number of carbonyl (C=O) groups excluding carboxylic acids is 1. The van der Waals surface area contributed by atoms with E-state index in [4.69, 9.17) is 5.73 Å². The summed E-state index contributed by atoms with van der Waals surface area (Å²) in [6.07, 6.45) is 6.49. The van der Waals surface area contributed by atoms with Crippen molar-refractivity contribution < 1.29 is 4.79 Å². The van der Waals surface area contributed by atoms with Crippen LogP contribution in [0.25, 0.3) is 11.2 Å². The number of carbonyl (C=O) groups is 1. The van der Waals surface area contributed by atoms with Gasteiger partial charge in [-0.05, 0) is 31.7 Å². The molecule has 140 valence electrons. The Balaban J connectivity index is 1.46. The maximum absolute atomic E-state index is 13.0. The molecule has 3 aromatic rings. The van der Waals surface area contributed by atoms with Crippen molar-refractivity contribution in [3.05, 3.63) is 48.5 Å². The van der Waals surface area contributed by atoms with Crippen LogP contribution in [0.2, 0.25) is 0 Å². The number of amides is 1. The summed E-state index contributed by atoms with van der Waals surface area (Å²) in [7, 11) is 0. The SMILES string of the molecule is CC1(Cc2ccccc2)CCCN1C(=O)CCn1cnc2c(N)ncnc21. The molecular formula is C20H24N6O. The average Bonchev–Trinajstić information content (AvgIpc) is 3.25. The van der Waals surface area contributed by atoms with Crippen molar-refractivity contribution in [1.82, 2.24) is 24.4 Å². The molecule has 1 aliphatic heterocycles. The Hall–Kier alpha value is -2.96. The number of aryl methyl sites for hydroxylation is 1. The summed E-state index contributed by atoms with van der Waals surface area (Å²) in [6.45, 7) is 3.55. The highest BCUT2D eigenvalue weighted by Crippen LogP contribution is 2.33. The van der Waals surface area contributed by atoms with Crippen molar-refractivity contribution in [3.8, 4) is 0 Å².